The van der Waals surface area contributed by atoms with Crippen molar-refractivity contribution in [2.45, 2.75) is 27.2 Å². The van der Waals surface area contributed by atoms with Crippen molar-refractivity contribution in [3.63, 3.8) is 0 Å². The highest BCUT2D eigenvalue weighted by Crippen LogP contribution is 2.19. The van der Waals surface area contributed by atoms with Gasteiger partial charge in [0, 0.05) is 22.3 Å². The first-order valence-corrected chi connectivity index (χ1v) is 6.65. The molecule has 0 radical (unpaired) electrons. The fraction of sp³-hybridized carbons (Fsp3) is 0.818. The zero-order valence-electron chi connectivity index (χ0n) is 10.3. The van der Waals surface area contributed by atoms with E-state index in [0.29, 0.717) is 17.9 Å². The molecule has 0 fully saturated rings. The minimum Gasteiger partial charge on any atom is -0.469 e. The minimum atomic E-state index is -1.07. The number of nitriles is 1. The van der Waals surface area contributed by atoms with E-state index in [2.05, 4.69) is 10.8 Å². The maximum atomic E-state index is 11.6. The highest BCUT2D eigenvalue weighted by Gasteiger charge is 2.20. The third kappa shape index (κ3) is 5.86. The number of carbonyl (C=O) groups is 1. The lowest BCUT2D eigenvalue weighted by Gasteiger charge is -2.15. The monoisotopic (exact) mass is 245 g/mol. The van der Waals surface area contributed by atoms with Crippen LogP contribution in [-0.2, 0) is 20.3 Å². The summed E-state index contributed by atoms with van der Waals surface area (Å²) in [5.41, 5.74) is -0.454. The Hall–Kier alpha value is -0.890. The molecule has 0 saturated carbocycles. The number of methoxy groups -OCH3 is 1. The molecule has 2 atom stereocenters. The Labute approximate surface area is 99.4 Å². The molecule has 0 bridgehead atoms. The molecule has 0 saturated heterocycles. The molecule has 0 aromatic rings. The van der Waals surface area contributed by atoms with Crippen LogP contribution in [0.1, 0.15) is 27.2 Å². The molecule has 0 aliphatic carbocycles. The van der Waals surface area contributed by atoms with Gasteiger partial charge in [-0.3, -0.25) is 9.00 Å². The first-order valence-electron chi connectivity index (χ1n) is 5.16. The van der Waals surface area contributed by atoms with E-state index in [1.54, 1.807) is 6.92 Å². The summed E-state index contributed by atoms with van der Waals surface area (Å²) in [6.45, 7) is 5.32. The van der Waals surface area contributed by atoms with E-state index in [0.717, 1.165) is 0 Å². The van der Waals surface area contributed by atoms with E-state index in [1.807, 2.05) is 13.8 Å². The van der Waals surface area contributed by atoms with Crippen LogP contribution in [0.2, 0.25) is 0 Å². The number of hydrogen-bond donors (Lipinski definition) is 0. The van der Waals surface area contributed by atoms with Crippen molar-refractivity contribution in [2.75, 3.05) is 18.6 Å². The maximum absolute atomic E-state index is 11.6. The van der Waals surface area contributed by atoms with Gasteiger partial charge in [0.2, 0.25) is 0 Å². The number of ether oxygens (including phenoxy) is 1. The number of esters is 1. The van der Waals surface area contributed by atoms with Gasteiger partial charge in [0.05, 0.1) is 24.5 Å². The molecule has 0 aromatic heterocycles. The highest BCUT2D eigenvalue weighted by molar-refractivity contribution is 7.85. The molecule has 0 aliphatic heterocycles. The second-order valence-electron chi connectivity index (χ2n) is 4.48. The molecule has 0 spiro atoms. The predicted molar refractivity (Wildman–Crippen MR) is 63.1 cm³/mol. The van der Waals surface area contributed by atoms with E-state index in [1.165, 1.54) is 7.11 Å². The summed E-state index contributed by atoms with van der Waals surface area (Å²) in [4.78, 5) is 11.1. The van der Waals surface area contributed by atoms with Gasteiger partial charge in [0.1, 0.15) is 0 Å². The van der Waals surface area contributed by atoms with E-state index >= 15 is 0 Å². The highest BCUT2D eigenvalue weighted by atomic mass is 32.2. The van der Waals surface area contributed by atoms with Crippen LogP contribution >= 0.6 is 0 Å². The minimum absolute atomic E-state index is 0.300. The van der Waals surface area contributed by atoms with E-state index in [-0.39, 0.29) is 11.9 Å². The standard InChI is InChI=1S/C11H19NO3S/c1-9(10(13)15-4)7-16(14)6-5-11(2,3)8-12/h9H,5-7H2,1-4H3. The number of hydrogen-bond acceptors (Lipinski definition) is 4. The molecule has 0 amide bonds. The number of nitrogens with zero attached hydrogens (tertiary/aromatic N) is 1. The average Bonchev–Trinajstić information content (AvgIpc) is 2.25. The van der Waals surface area contributed by atoms with Crippen molar-refractivity contribution in [1.29, 1.82) is 5.26 Å². The first kappa shape index (κ1) is 15.1. The smallest absolute Gasteiger partial charge is 0.309 e. The van der Waals surface area contributed by atoms with Gasteiger partial charge < -0.3 is 4.74 Å². The molecule has 4 nitrogen and oxygen atoms in total. The van der Waals surface area contributed by atoms with Crippen molar-refractivity contribution >= 4 is 16.8 Å². The molecule has 0 rings (SSSR count). The molecule has 2 unspecified atom stereocenters. The molecule has 0 aliphatic rings. The molecule has 5 heteroatoms. The third-order valence-electron chi connectivity index (χ3n) is 2.30. The van der Waals surface area contributed by atoms with Gasteiger partial charge in [-0.25, -0.2) is 0 Å². The van der Waals surface area contributed by atoms with Gasteiger partial charge in [-0.15, -0.1) is 0 Å². The Morgan fingerprint density at radius 3 is 2.56 bits per heavy atom. The second-order valence-corrected chi connectivity index (χ2v) is 6.10. The Morgan fingerprint density at radius 1 is 1.56 bits per heavy atom. The Morgan fingerprint density at radius 2 is 2.12 bits per heavy atom. The van der Waals surface area contributed by atoms with Crippen LogP contribution in [0.3, 0.4) is 0 Å². The van der Waals surface area contributed by atoms with Crippen molar-refractivity contribution in [3.05, 3.63) is 0 Å². The van der Waals surface area contributed by atoms with Gasteiger partial charge in [0.25, 0.3) is 0 Å². The fourth-order valence-electron chi connectivity index (χ4n) is 1.06. The molecule has 92 valence electrons. The quantitative estimate of drug-likeness (QED) is 0.665. The van der Waals surface area contributed by atoms with Crippen molar-refractivity contribution in [1.82, 2.24) is 0 Å². The van der Waals surface area contributed by atoms with Crippen molar-refractivity contribution in [2.24, 2.45) is 11.3 Å². The summed E-state index contributed by atoms with van der Waals surface area (Å²) < 4.78 is 16.2. The zero-order chi connectivity index (χ0) is 12.8. The van der Waals surface area contributed by atoms with Crippen LogP contribution < -0.4 is 0 Å². The van der Waals surface area contributed by atoms with E-state index in [4.69, 9.17) is 5.26 Å². The van der Waals surface area contributed by atoms with Gasteiger partial charge in [-0.05, 0) is 20.3 Å². The normalized spacial score (nSPS) is 14.9. The summed E-state index contributed by atoms with van der Waals surface area (Å²) in [7, 11) is 0.248. The summed E-state index contributed by atoms with van der Waals surface area (Å²) >= 11 is 0. The van der Waals surface area contributed by atoms with Crippen LogP contribution in [0.15, 0.2) is 0 Å². The van der Waals surface area contributed by atoms with E-state index in [9.17, 15) is 9.00 Å². The predicted octanol–water partition coefficient (Wildman–Crippen LogP) is 1.48. The lowest BCUT2D eigenvalue weighted by molar-refractivity contribution is -0.144. The summed E-state index contributed by atoms with van der Waals surface area (Å²) in [6, 6.07) is 2.16. The van der Waals surface area contributed by atoms with Crippen LogP contribution in [0, 0.1) is 22.7 Å². The maximum Gasteiger partial charge on any atom is 0.309 e. The Kier molecular flexibility index (Phi) is 6.27. The molecule has 0 N–H and O–H groups in total. The van der Waals surface area contributed by atoms with Crippen LogP contribution in [0.5, 0.6) is 0 Å². The number of rotatable bonds is 6. The topological polar surface area (TPSA) is 67.2 Å². The third-order valence-corrected chi connectivity index (χ3v) is 3.83. The zero-order valence-corrected chi connectivity index (χ0v) is 11.1. The van der Waals surface area contributed by atoms with Crippen molar-refractivity contribution in [3.8, 4) is 6.07 Å². The van der Waals surface area contributed by atoms with Gasteiger partial charge in [0.15, 0.2) is 0 Å². The van der Waals surface area contributed by atoms with Crippen LogP contribution in [0.25, 0.3) is 0 Å². The van der Waals surface area contributed by atoms with E-state index < -0.39 is 16.2 Å². The average molecular weight is 245 g/mol. The SMILES string of the molecule is COC(=O)C(C)CS(=O)CCC(C)(C)C#N. The fourth-order valence-corrected chi connectivity index (χ4v) is 2.65. The van der Waals surface area contributed by atoms with Crippen molar-refractivity contribution < 1.29 is 13.7 Å². The summed E-state index contributed by atoms with van der Waals surface area (Å²) in [6.07, 6.45) is 0.573. The first-order chi connectivity index (χ1) is 7.32. The summed E-state index contributed by atoms with van der Waals surface area (Å²) in [5, 5.41) is 8.79. The largest absolute Gasteiger partial charge is 0.469 e. The molecule has 0 aromatic carbocycles. The molecular formula is C11H19NO3S. The Balaban J connectivity index is 4.02. The second kappa shape index (κ2) is 6.64. The van der Waals surface area contributed by atoms with Crippen LogP contribution in [0.4, 0.5) is 0 Å². The lowest BCUT2D eigenvalue weighted by Crippen LogP contribution is -2.22. The lowest BCUT2D eigenvalue weighted by atomic mass is 9.93. The van der Waals surface area contributed by atoms with Gasteiger partial charge in [-0.2, -0.15) is 5.26 Å². The molecule has 16 heavy (non-hydrogen) atoms. The Bertz CT molecular complexity index is 307. The molecular weight excluding hydrogens is 226 g/mol. The van der Waals surface area contributed by atoms with Gasteiger partial charge >= 0.3 is 5.97 Å². The van der Waals surface area contributed by atoms with Gasteiger partial charge in [-0.1, -0.05) is 6.92 Å². The molecule has 0 heterocycles. The number of carbonyl (C=O) groups excluding carboxylic acids is 1. The van der Waals surface area contributed by atoms with Crippen LogP contribution in [-0.4, -0.2) is 28.8 Å². The summed E-state index contributed by atoms with van der Waals surface area (Å²) in [5.74, 6) is 0.0553.